The van der Waals surface area contributed by atoms with Gasteiger partial charge in [-0.3, -0.25) is 4.79 Å². The van der Waals surface area contributed by atoms with Gasteiger partial charge in [-0.15, -0.1) is 0 Å². The average Bonchev–Trinajstić information content (AvgIpc) is 2.34. The number of phenols is 1. The van der Waals surface area contributed by atoms with Crippen molar-refractivity contribution in [3.63, 3.8) is 0 Å². The summed E-state index contributed by atoms with van der Waals surface area (Å²) in [6, 6.07) is 6.20. The van der Waals surface area contributed by atoms with Crippen molar-refractivity contribution in [3.8, 4) is 5.75 Å². The lowest BCUT2D eigenvalue weighted by Crippen LogP contribution is -2.08. The quantitative estimate of drug-likeness (QED) is 0.608. The molecule has 1 N–H and O–H groups in total. The summed E-state index contributed by atoms with van der Waals surface area (Å²) in [5, 5.41) is 9.41. The third-order valence-corrected chi connectivity index (χ3v) is 2.35. The van der Waals surface area contributed by atoms with E-state index in [1.54, 1.807) is 19.1 Å². The number of phenolic OH excluding ortho intramolecular Hbond substituents is 1. The van der Waals surface area contributed by atoms with Crippen LogP contribution in [-0.2, 0) is 9.53 Å². The summed E-state index contributed by atoms with van der Waals surface area (Å²) in [7, 11) is 0. The van der Waals surface area contributed by atoms with Crippen LogP contribution in [0.5, 0.6) is 5.75 Å². The zero-order chi connectivity index (χ0) is 12.7. The minimum atomic E-state index is -0.563. The standard InChI is InChI=1S/C13H16O4/c1-2-10(14)6-5-9-17-13(16)11-7-3-4-8-12(11)15/h3-4,7-8,15H,2,5-6,9H2,1H3. The van der Waals surface area contributed by atoms with Gasteiger partial charge >= 0.3 is 5.97 Å². The van der Waals surface area contributed by atoms with Gasteiger partial charge in [-0.25, -0.2) is 4.79 Å². The summed E-state index contributed by atoms with van der Waals surface area (Å²) in [6.07, 6.45) is 1.45. The van der Waals surface area contributed by atoms with Gasteiger partial charge in [0.25, 0.3) is 0 Å². The van der Waals surface area contributed by atoms with E-state index in [2.05, 4.69) is 0 Å². The molecule has 92 valence electrons. The Hall–Kier alpha value is -1.84. The van der Waals surface area contributed by atoms with Crippen LogP contribution in [0.15, 0.2) is 24.3 Å². The topological polar surface area (TPSA) is 63.6 Å². The Morgan fingerprint density at radius 2 is 2.00 bits per heavy atom. The molecule has 0 unspecified atom stereocenters. The highest BCUT2D eigenvalue weighted by atomic mass is 16.5. The van der Waals surface area contributed by atoms with E-state index >= 15 is 0 Å². The largest absolute Gasteiger partial charge is 0.507 e. The average molecular weight is 236 g/mol. The first-order chi connectivity index (χ1) is 8.15. The summed E-state index contributed by atoms with van der Waals surface area (Å²) < 4.78 is 4.95. The van der Waals surface area contributed by atoms with Gasteiger partial charge in [0, 0.05) is 12.8 Å². The first-order valence-corrected chi connectivity index (χ1v) is 5.62. The van der Waals surface area contributed by atoms with Crippen LogP contribution in [0.1, 0.15) is 36.5 Å². The van der Waals surface area contributed by atoms with E-state index in [0.29, 0.717) is 19.3 Å². The highest BCUT2D eigenvalue weighted by Gasteiger charge is 2.11. The number of Topliss-reactive ketones (excluding diaryl/α,β-unsaturated/α-hetero) is 1. The Bertz CT molecular complexity index is 398. The molecular weight excluding hydrogens is 220 g/mol. The number of esters is 1. The van der Waals surface area contributed by atoms with Crippen molar-refractivity contribution in [1.29, 1.82) is 0 Å². The third-order valence-electron chi connectivity index (χ3n) is 2.35. The Kier molecular flexibility index (Phi) is 5.20. The third kappa shape index (κ3) is 4.26. The van der Waals surface area contributed by atoms with Crippen molar-refractivity contribution in [1.82, 2.24) is 0 Å². The summed E-state index contributed by atoms with van der Waals surface area (Å²) in [5.41, 5.74) is 0.148. The number of carbonyl (C=O) groups excluding carboxylic acids is 2. The molecule has 0 heterocycles. The number of ether oxygens (including phenoxy) is 1. The molecule has 0 atom stereocenters. The number of hydrogen-bond acceptors (Lipinski definition) is 4. The van der Waals surface area contributed by atoms with Crippen molar-refractivity contribution in [2.24, 2.45) is 0 Å². The lowest BCUT2D eigenvalue weighted by Gasteiger charge is -2.05. The van der Waals surface area contributed by atoms with E-state index in [1.165, 1.54) is 12.1 Å². The van der Waals surface area contributed by atoms with Gasteiger partial charge in [-0.1, -0.05) is 19.1 Å². The van der Waals surface area contributed by atoms with Crippen molar-refractivity contribution in [2.75, 3.05) is 6.61 Å². The van der Waals surface area contributed by atoms with Crippen molar-refractivity contribution in [2.45, 2.75) is 26.2 Å². The van der Waals surface area contributed by atoms with Crippen LogP contribution in [0.25, 0.3) is 0 Å². The van der Waals surface area contributed by atoms with E-state index in [4.69, 9.17) is 4.74 Å². The monoisotopic (exact) mass is 236 g/mol. The second-order valence-corrected chi connectivity index (χ2v) is 3.65. The van der Waals surface area contributed by atoms with Crippen LogP contribution in [-0.4, -0.2) is 23.5 Å². The fourth-order valence-electron chi connectivity index (χ4n) is 1.33. The van der Waals surface area contributed by atoms with Gasteiger partial charge in [0.15, 0.2) is 0 Å². The molecular formula is C13H16O4. The van der Waals surface area contributed by atoms with Gasteiger partial charge in [0.2, 0.25) is 0 Å². The van der Waals surface area contributed by atoms with E-state index in [0.717, 1.165) is 0 Å². The molecule has 0 radical (unpaired) electrons. The Balaban J connectivity index is 2.36. The highest BCUT2D eigenvalue weighted by Crippen LogP contribution is 2.16. The Morgan fingerprint density at radius 3 is 2.65 bits per heavy atom. The van der Waals surface area contributed by atoms with Gasteiger partial charge < -0.3 is 9.84 Å². The summed E-state index contributed by atoms with van der Waals surface area (Å²) in [6.45, 7) is 2.00. The molecule has 1 rings (SSSR count). The van der Waals surface area contributed by atoms with Crippen LogP contribution in [0.4, 0.5) is 0 Å². The van der Waals surface area contributed by atoms with Gasteiger partial charge in [0.05, 0.1) is 6.61 Å². The van der Waals surface area contributed by atoms with E-state index in [-0.39, 0.29) is 23.7 Å². The van der Waals surface area contributed by atoms with Gasteiger partial charge in [-0.2, -0.15) is 0 Å². The van der Waals surface area contributed by atoms with Crippen LogP contribution < -0.4 is 0 Å². The van der Waals surface area contributed by atoms with E-state index in [9.17, 15) is 14.7 Å². The molecule has 0 aliphatic heterocycles. The first-order valence-electron chi connectivity index (χ1n) is 5.62. The molecule has 4 heteroatoms. The highest BCUT2D eigenvalue weighted by molar-refractivity contribution is 5.92. The molecule has 1 aromatic rings. The summed E-state index contributed by atoms with van der Waals surface area (Å²) >= 11 is 0. The molecule has 0 spiro atoms. The Labute approximate surface area is 100 Å². The maximum atomic E-state index is 11.5. The maximum Gasteiger partial charge on any atom is 0.341 e. The van der Waals surface area contributed by atoms with E-state index in [1.807, 2.05) is 0 Å². The van der Waals surface area contributed by atoms with Crippen LogP contribution >= 0.6 is 0 Å². The smallest absolute Gasteiger partial charge is 0.341 e. The zero-order valence-electron chi connectivity index (χ0n) is 9.81. The first kappa shape index (κ1) is 13.2. The minimum Gasteiger partial charge on any atom is -0.507 e. The summed E-state index contributed by atoms with van der Waals surface area (Å²) in [5.74, 6) is -0.502. The number of para-hydroxylation sites is 1. The molecule has 0 aromatic heterocycles. The maximum absolute atomic E-state index is 11.5. The number of ketones is 1. The molecule has 0 amide bonds. The molecule has 0 aliphatic carbocycles. The molecule has 4 nitrogen and oxygen atoms in total. The number of carbonyl (C=O) groups is 2. The van der Waals surface area contributed by atoms with Crippen molar-refractivity contribution in [3.05, 3.63) is 29.8 Å². The number of benzene rings is 1. The van der Waals surface area contributed by atoms with Crippen molar-refractivity contribution >= 4 is 11.8 Å². The second kappa shape index (κ2) is 6.68. The van der Waals surface area contributed by atoms with Crippen LogP contribution in [0, 0.1) is 0 Å². The van der Waals surface area contributed by atoms with Crippen molar-refractivity contribution < 1.29 is 19.4 Å². The number of hydrogen-bond donors (Lipinski definition) is 1. The lowest BCUT2D eigenvalue weighted by atomic mass is 10.2. The zero-order valence-corrected chi connectivity index (χ0v) is 9.81. The molecule has 0 fully saturated rings. The van der Waals surface area contributed by atoms with Gasteiger partial charge in [-0.05, 0) is 18.6 Å². The molecule has 0 saturated heterocycles. The predicted molar refractivity (Wildman–Crippen MR) is 62.9 cm³/mol. The molecule has 0 saturated carbocycles. The number of aromatic hydroxyl groups is 1. The molecule has 1 aromatic carbocycles. The Morgan fingerprint density at radius 1 is 1.29 bits per heavy atom. The van der Waals surface area contributed by atoms with Crippen LogP contribution in [0.2, 0.25) is 0 Å². The minimum absolute atomic E-state index is 0.0952. The normalized spacial score (nSPS) is 9.94. The van der Waals surface area contributed by atoms with E-state index < -0.39 is 5.97 Å². The van der Waals surface area contributed by atoms with Crippen LogP contribution in [0.3, 0.4) is 0 Å². The molecule has 0 bridgehead atoms. The SMILES string of the molecule is CCC(=O)CCCOC(=O)c1ccccc1O. The fraction of sp³-hybridized carbons (Fsp3) is 0.385. The molecule has 0 aliphatic rings. The lowest BCUT2D eigenvalue weighted by molar-refractivity contribution is -0.119. The predicted octanol–water partition coefficient (Wildman–Crippen LogP) is 2.31. The fourth-order valence-corrected chi connectivity index (χ4v) is 1.33. The van der Waals surface area contributed by atoms with Gasteiger partial charge in [0.1, 0.15) is 17.1 Å². The second-order valence-electron chi connectivity index (χ2n) is 3.65. The molecule has 17 heavy (non-hydrogen) atoms. The summed E-state index contributed by atoms with van der Waals surface area (Å²) in [4.78, 5) is 22.5. The number of rotatable bonds is 6.